The Morgan fingerprint density at radius 3 is 2.68 bits per heavy atom. The molecule has 3 aromatic rings. The Hall–Kier alpha value is -3.12. The molecule has 1 aromatic carbocycles. The number of carbonyl (C=O) groups is 1. The molecule has 10 nitrogen and oxygen atoms in total. The van der Waals surface area contributed by atoms with E-state index in [0.29, 0.717) is 12.1 Å². The quantitative estimate of drug-likeness (QED) is 0.343. The first-order chi connectivity index (χ1) is 17.7. The van der Waals surface area contributed by atoms with Gasteiger partial charge < -0.3 is 20.3 Å². The fourth-order valence-corrected chi connectivity index (χ4v) is 5.95. The van der Waals surface area contributed by atoms with Gasteiger partial charge in [0.1, 0.15) is 5.69 Å². The minimum Gasteiger partial charge on any atom is -0.390 e. The third-order valence-electron chi connectivity index (χ3n) is 6.46. The molecule has 198 valence electrons. The summed E-state index contributed by atoms with van der Waals surface area (Å²) < 4.78 is 29.9. The largest absolute Gasteiger partial charge is 0.390 e. The second kappa shape index (κ2) is 12.0. The third kappa shape index (κ3) is 7.01. The van der Waals surface area contributed by atoms with Crippen LogP contribution < -0.4 is 10.6 Å². The van der Waals surface area contributed by atoms with Crippen molar-refractivity contribution < 1.29 is 18.3 Å². The molecule has 0 bridgehead atoms. The Labute approximate surface area is 217 Å². The highest BCUT2D eigenvalue weighted by Gasteiger charge is 2.34. The number of rotatable bonds is 11. The summed E-state index contributed by atoms with van der Waals surface area (Å²) in [6.07, 6.45) is 3.81. The number of carbonyl (C=O) groups excluding carboxylic acids is 1. The monoisotopic (exact) mass is 526 g/mol. The van der Waals surface area contributed by atoms with Gasteiger partial charge in [-0.2, -0.15) is 4.31 Å². The zero-order chi connectivity index (χ0) is 26.4. The Bertz CT molecular complexity index is 1290. The van der Waals surface area contributed by atoms with Crippen LogP contribution in [0.15, 0.2) is 66.1 Å². The van der Waals surface area contributed by atoms with Gasteiger partial charge in [-0.3, -0.25) is 4.79 Å². The Morgan fingerprint density at radius 2 is 2.03 bits per heavy atom. The molecule has 3 atom stereocenters. The molecule has 0 radical (unpaired) electrons. The fourth-order valence-electron chi connectivity index (χ4n) is 4.48. The topological polar surface area (TPSA) is 129 Å². The van der Waals surface area contributed by atoms with Gasteiger partial charge in [0.2, 0.25) is 0 Å². The first-order valence-electron chi connectivity index (χ1n) is 12.4. The van der Waals surface area contributed by atoms with Crippen LogP contribution in [0.25, 0.3) is 0 Å². The fraction of sp³-hybridized carbons (Fsp3) is 0.423. The highest BCUT2D eigenvalue weighted by atomic mass is 32.2. The van der Waals surface area contributed by atoms with Gasteiger partial charge in [-0.15, -0.1) is 0 Å². The van der Waals surface area contributed by atoms with Crippen molar-refractivity contribution in [3.8, 4) is 0 Å². The molecule has 37 heavy (non-hydrogen) atoms. The van der Waals surface area contributed by atoms with Crippen LogP contribution in [0.5, 0.6) is 0 Å². The molecule has 0 spiro atoms. The summed E-state index contributed by atoms with van der Waals surface area (Å²) in [6.45, 7) is 2.61. The van der Waals surface area contributed by atoms with Gasteiger partial charge in [0.15, 0.2) is 5.03 Å². The lowest BCUT2D eigenvalue weighted by atomic mass is 10.0. The van der Waals surface area contributed by atoms with Crippen molar-refractivity contribution in [2.75, 3.05) is 19.6 Å². The number of hydrogen-bond acceptors (Lipinski definition) is 7. The summed E-state index contributed by atoms with van der Waals surface area (Å²) in [5, 5.41) is 17.5. The molecule has 4 rings (SSSR count). The second-order valence-corrected chi connectivity index (χ2v) is 11.4. The van der Waals surface area contributed by atoms with Gasteiger partial charge in [0, 0.05) is 38.1 Å². The lowest BCUT2D eigenvalue weighted by Gasteiger charge is -2.30. The van der Waals surface area contributed by atoms with Crippen LogP contribution in [0, 0.1) is 6.92 Å². The summed E-state index contributed by atoms with van der Waals surface area (Å²) in [6, 6.07) is 13.8. The number of aryl methyl sites for hydroxylation is 2. The number of aromatic nitrogens is 3. The minimum absolute atomic E-state index is 0.0238. The van der Waals surface area contributed by atoms with Crippen molar-refractivity contribution in [1.29, 1.82) is 0 Å². The predicted octanol–water partition coefficient (Wildman–Crippen LogP) is 1.27. The molecule has 0 aliphatic carbocycles. The van der Waals surface area contributed by atoms with Gasteiger partial charge in [-0.25, -0.2) is 18.4 Å². The van der Waals surface area contributed by atoms with Crippen LogP contribution >= 0.6 is 0 Å². The number of imidazole rings is 1. The maximum absolute atomic E-state index is 13.5. The predicted molar refractivity (Wildman–Crippen MR) is 139 cm³/mol. The SMILES string of the molecule is Cc1cccc(C(=O)N[C@@H](Cc2ccccc2)[C@H](O)CN(CC2CCCN2)S(=O)(=O)c2cn(C)cn2)n1. The Kier molecular flexibility index (Phi) is 8.70. The van der Waals surface area contributed by atoms with Crippen molar-refractivity contribution in [2.24, 2.45) is 7.05 Å². The summed E-state index contributed by atoms with van der Waals surface area (Å²) >= 11 is 0. The van der Waals surface area contributed by atoms with Crippen LogP contribution in [-0.4, -0.2) is 76.1 Å². The summed E-state index contributed by atoms with van der Waals surface area (Å²) in [5.74, 6) is -0.430. The van der Waals surface area contributed by atoms with Crippen molar-refractivity contribution in [2.45, 2.75) is 49.4 Å². The van der Waals surface area contributed by atoms with E-state index in [1.807, 2.05) is 30.3 Å². The standard InChI is InChI=1S/C26H34N6O4S/c1-19-8-6-12-22(29-19)26(34)30-23(14-20-9-4-3-5-10-20)24(33)16-32(15-21-11-7-13-27-21)37(35,36)25-17-31(2)18-28-25/h3-6,8-10,12,17-18,21,23-24,27,33H,7,11,13-16H2,1-2H3,(H,30,34)/t21?,23-,24+/m0/s1. The summed E-state index contributed by atoms with van der Waals surface area (Å²) in [4.78, 5) is 21.4. The van der Waals surface area contributed by atoms with Gasteiger partial charge in [-0.1, -0.05) is 36.4 Å². The normalized spacial score (nSPS) is 17.6. The summed E-state index contributed by atoms with van der Waals surface area (Å²) in [5.41, 5.74) is 1.84. The molecule has 11 heteroatoms. The molecular weight excluding hydrogens is 492 g/mol. The van der Waals surface area contributed by atoms with Crippen molar-refractivity contribution in [3.63, 3.8) is 0 Å². The minimum atomic E-state index is -3.98. The van der Waals surface area contributed by atoms with Gasteiger partial charge in [-0.05, 0) is 50.4 Å². The molecule has 1 aliphatic rings. The number of nitrogens with one attached hydrogen (secondary N) is 2. The van der Waals surface area contributed by atoms with Crippen molar-refractivity contribution in [1.82, 2.24) is 29.5 Å². The average molecular weight is 527 g/mol. The highest BCUT2D eigenvalue weighted by Crippen LogP contribution is 2.19. The Balaban J connectivity index is 1.59. The molecule has 1 unspecified atom stereocenters. The van der Waals surface area contributed by atoms with Crippen LogP contribution in [0.1, 0.15) is 34.6 Å². The number of benzene rings is 1. The molecule has 1 fully saturated rings. The first-order valence-corrected chi connectivity index (χ1v) is 13.8. The molecule has 3 N–H and O–H groups in total. The molecule has 3 heterocycles. The first kappa shape index (κ1) is 26.9. The molecule has 1 amide bonds. The number of amides is 1. The third-order valence-corrected chi connectivity index (χ3v) is 8.18. The molecule has 2 aromatic heterocycles. The van der Waals surface area contributed by atoms with E-state index < -0.39 is 28.1 Å². The Morgan fingerprint density at radius 1 is 1.24 bits per heavy atom. The van der Waals surface area contributed by atoms with Gasteiger partial charge in [0.25, 0.3) is 15.9 Å². The zero-order valence-corrected chi connectivity index (χ0v) is 21.9. The maximum atomic E-state index is 13.5. The van der Waals surface area contributed by atoms with E-state index in [2.05, 4.69) is 20.6 Å². The maximum Gasteiger partial charge on any atom is 0.270 e. The van der Waals surface area contributed by atoms with E-state index >= 15 is 0 Å². The molecule has 0 saturated carbocycles. The second-order valence-electron chi connectivity index (χ2n) is 9.49. The molecule has 1 aliphatic heterocycles. The number of sulfonamides is 1. The van der Waals surface area contributed by atoms with Crippen LogP contribution in [0.3, 0.4) is 0 Å². The smallest absolute Gasteiger partial charge is 0.270 e. The van der Waals surface area contributed by atoms with E-state index in [1.165, 1.54) is 16.8 Å². The van der Waals surface area contributed by atoms with E-state index in [0.717, 1.165) is 24.9 Å². The number of hydrogen-bond donors (Lipinski definition) is 3. The molecular formula is C26H34N6O4S. The highest BCUT2D eigenvalue weighted by molar-refractivity contribution is 7.89. The number of aliphatic hydroxyl groups is 1. The van der Waals surface area contributed by atoms with E-state index in [4.69, 9.17) is 0 Å². The average Bonchev–Trinajstić information content (AvgIpc) is 3.56. The van der Waals surface area contributed by atoms with Crippen LogP contribution in [0.2, 0.25) is 0 Å². The van der Waals surface area contributed by atoms with Gasteiger partial charge in [0.05, 0.1) is 18.5 Å². The van der Waals surface area contributed by atoms with E-state index in [-0.39, 0.29) is 29.9 Å². The lowest BCUT2D eigenvalue weighted by molar-refractivity contribution is 0.0774. The zero-order valence-electron chi connectivity index (χ0n) is 21.1. The number of aliphatic hydroxyl groups excluding tert-OH is 1. The van der Waals surface area contributed by atoms with Crippen LogP contribution in [-0.2, 0) is 23.5 Å². The number of pyridine rings is 1. The van der Waals surface area contributed by atoms with Crippen LogP contribution in [0.4, 0.5) is 0 Å². The van der Waals surface area contributed by atoms with E-state index in [9.17, 15) is 18.3 Å². The van der Waals surface area contributed by atoms with Crippen molar-refractivity contribution >= 4 is 15.9 Å². The summed E-state index contributed by atoms with van der Waals surface area (Å²) in [7, 11) is -2.28. The number of nitrogens with zero attached hydrogens (tertiary/aromatic N) is 4. The van der Waals surface area contributed by atoms with Gasteiger partial charge >= 0.3 is 0 Å². The lowest BCUT2D eigenvalue weighted by Crippen LogP contribution is -2.52. The molecule has 1 saturated heterocycles. The van der Waals surface area contributed by atoms with E-state index in [1.54, 1.807) is 36.7 Å². The van der Waals surface area contributed by atoms with Crippen molar-refractivity contribution in [3.05, 3.63) is 78.0 Å².